The van der Waals surface area contributed by atoms with Gasteiger partial charge in [0.15, 0.2) is 0 Å². The van der Waals surface area contributed by atoms with Crippen LogP contribution in [0.15, 0.2) is 18.3 Å². The van der Waals surface area contributed by atoms with Gasteiger partial charge in [-0.3, -0.25) is 4.98 Å². The molecule has 29 heavy (non-hydrogen) atoms. The first-order valence-electron chi connectivity index (χ1n) is 13.2. The Hall–Kier alpha value is -0.850. The van der Waals surface area contributed by atoms with E-state index in [1.165, 1.54) is 120 Å². The van der Waals surface area contributed by atoms with Crippen molar-refractivity contribution in [3.63, 3.8) is 0 Å². The molecule has 0 saturated heterocycles. The fourth-order valence-corrected chi connectivity index (χ4v) is 6.09. The van der Waals surface area contributed by atoms with Crippen LogP contribution in [0, 0.1) is 17.8 Å². The maximum absolute atomic E-state index is 4.89. The van der Waals surface area contributed by atoms with E-state index in [-0.39, 0.29) is 0 Å². The van der Waals surface area contributed by atoms with Gasteiger partial charge >= 0.3 is 0 Å². The maximum atomic E-state index is 4.89. The second kappa shape index (κ2) is 12.8. The average molecular weight is 398 g/mol. The molecule has 1 heteroatoms. The fraction of sp³-hybridized carbons (Fsp3) is 0.821. The van der Waals surface area contributed by atoms with E-state index in [0.717, 1.165) is 23.7 Å². The zero-order chi connectivity index (χ0) is 20.3. The van der Waals surface area contributed by atoms with Gasteiger partial charge in [-0.2, -0.15) is 0 Å². The smallest absolute Gasteiger partial charge is 0.0434 e. The van der Waals surface area contributed by atoms with Crippen molar-refractivity contribution in [1.82, 2.24) is 4.98 Å². The molecule has 2 saturated carbocycles. The molecular formula is C28H47N. The zero-order valence-corrected chi connectivity index (χ0v) is 19.5. The van der Waals surface area contributed by atoms with Crippen molar-refractivity contribution in [3.05, 3.63) is 29.6 Å². The van der Waals surface area contributed by atoms with Gasteiger partial charge in [-0.15, -0.1) is 0 Å². The van der Waals surface area contributed by atoms with E-state index in [2.05, 4.69) is 32.2 Å². The van der Waals surface area contributed by atoms with Crippen molar-refractivity contribution in [2.75, 3.05) is 0 Å². The van der Waals surface area contributed by atoms with E-state index in [0.29, 0.717) is 0 Å². The molecule has 0 spiro atoms. The number of aryl methyl sites for hydroxylation is 1. The van der Waals surface area contributed by atoms with E-state index >= 15 is 0 Å². The maximum Gasteiger partial charge on any atom is 0.0434 e. The van der Waals surface area contributed by atoms with Crippen LogP contribution in [0.3, 0.4) is 0 Å². The summed E-state index contributed by atoms with van der Waals surface area (Å²) in [6.45, 7) is 4.62. The molecule has 0 unspecified atom stereocenters. The van der Waals surface area contributed by atoms with Gasteiger partial charge in [0.25, 0.3) is 0 Å². The van der Waals surface area contributed by atoms with Crippen molar-refractivity contribution in [1.29, 1.82) is 0 Å². The molecule has 0 aliphatic heterocycles. The number of nitrogens with zero attached hydrogens (tertiary/aromatic N) is 1. The highest BCUT2D eigenvalue weighted by Gasteiger charge is 2.31. The molecule has 0 radical (unpaired) electrons. The van der Waals surface area contributed by atoms with Crippen molar-refractivity contribution in [3.8, 4) is 0 Å². The van der Waals surface area contributed by atoms with Gasteiger partial charge in [-0.25, -0.2) is 0 Å². The fourth-order valence-electron chi connectivity index (χ4n) is 6.09. The van der Waals surface area contributed by atoms with Crippen LogP contribution in [-0.2, 0) is 6.42 Å². The van der Waals surface area contributed by atoms with E-state index < -0.39 is 0 Å². The predicted octanol–water partition coefficient (Wildman–Crippen LogP) is 8.86. The molecule has 0 amide bonds. The topological polar surface area (TPSA) is 12.9 Å². The minimum absolute atomic E-state index is 0.728. The molecular weight excluding hydrogens is 350 g/mol. The molecule has 0 bridgehead atoms. The van der Waals surface area contributed by atoms with Crippen molar-refractivity contribution in [2.24, 2.45) is 17.8 Å². The minimum atomic E-state index is 0.728. The van der Waals surface area contributed by atoms with Crippen LogP contribution < -0.4 is 0 Å². The highest BCUT2D eigenvalue weighted by molar-refractivity contribution is 5.17. The summed E-state index contributed by atoms with van der Waals surface area (Å²) in [5.74, 6) is 3.83. The third kappa shape index (κ3) is 7.41. The number of pyridine rings is 1. The molecule has 1 heterocycles. The van der Waals surface area contributed by atoms with Gasteiger partial charge in [0.1, 0.15) is 0 Å². The third-order valence-corrected chi connectivity index (χ3v) is 8.13. The van der Waals surface area contributed by atoms with Crippen LogP contribution in [0.5, 0.6) is 0 Å². The van der Waals surface area contributed by atoms with Crippen LogP contribution in [-0.4, -0.2) is 4.98 Å². The Morgan fingerprint density at radius 2 is 1.38 bits per heavy atom. The summed E-state index contributed by atoms with van der Waals surface area (Å²) in [5, 5.41) is 0. The summed E-state index contributed by atoms with van der Waals surface area (Å²) in [6, 6.07) is 4.72. The largest absolute Gasteiger partial charge is 0.261 e. The van der Waals surface area contributed by atoms with Crippen LogP contribution in [0.1, 0.15) is 134 Å². The van der Waals surface area contributed by atoms with Gasteiger partial charge < -0.3 is 0 Å². The quantitative estimate of drug-likeness (QED) is 0.340. The van der Waals surface area contributed by atoms with Crippen molar-refractivity contribution >= 4 is 0 Å². The number of aromatic nitrogens is 1. The molecule has 164 valence electrons. The summed E-state index contributed by atoms with van der Waals surface area (Å²) < 4.78 is 0. The van der Waals surface area contributed by atoms with Gasteiger partial charge in [0.05, 0.1) is 0 Å². The lowest BCUT2D eigenvalue weighted by atomic mass is 9.68. The molecule has 0 aromatic carbocycles. The third-order valence-electron chi connectivity index (χ3n) is 8.13. The molecule has 3 rings (SSSR count). The molecule has 2 aliphatic carbocycles. The first kappa shape index (κ1) is 22.8. The predicted molar refractivity (Wildman–Crippen MR) is 126 cm³/mol. The highest BCUT2D eigenvalue weighted by Crippen LogP contribution is 2.44. The first-order valence-corrected chi connectivity index (χ1v) is 13.2. The number of hydrogen-bond donors (Lipinski definition) is 0. The highest BCUT2D eigenvalue weighted by atomic mass is 14.7. The van der Waals surface area contributed by atoms with Crippen LogP contribution in [0.25, 0.3) is 0 Å². The molecule has 2 aliphatic rings. The summed E-state index contributed by atoms with van der Waals surface area (Å²) >= 11 is 0. The van der Waals surface area contributed by atoms with Gasteiger partial charge in [0, 0.05) is 17.8 Å². The zero-order valence-electron chi connectivity index (χ0n) is 19.5. The van der Waals surface area contributed by atoms with Crippen molar-refractivity contribution in [2.45, 2.75) is 129 Å². The molecule has 0 atom stereocenters. The molecule has 1 aromatic heterocycles. The van der Waals surface area contributed by atoms with Crippen LogP contribution in [0.2, 0.25) is 0 Å². The lowest BCUT2D eigenvalue weighted by molar-refractivity contribution is 0.155. The Balaban J connectivity index is 1.36. The number of hydrogen-bond acceptors (Lipinski definition) is 1. The molecule has 2 fully saturated rings. The lowest BCUT2D eigenvalue weighted by Crippen LogP contribution is -2.25. The van der Waals surface area contributed by atoms with E-state index in [1.807, 2.05) is 0 Å². The van der Waals surface area contributed by atoms with Crippen molar-refractivity contribution < 1.29 is 0 Å². The van der Waals surface area contributed by atoms with Gasteiger partial charge in [-0.05, 0) is 80.8 Å². The minimum Gasteiger partial charge on any atom is -0.261 e. The Bertz CT molecular complexity index is 532. The number of unbranched alkanes of at least 4 members (excludes halogenated alkanes) is 5. The van der Waals surface area contributed by atoms with Crippen LogP contribution >= 0.6 is 0 Å². The Kier molecular flexibility index (Phi) is 10.0. The van der Waals surface area contributed by atoms with E-state index in [9.17, 15) is 0 Å². The van der Waals surface area contributed by atoms with Gasteiger partial charge in [-0.1, -0.05) is 77.7 Å². The number of rotatable bonds is 11. The Labute approximate surface area is 181 Å². The summed E-state index contributed by atoms with van der Waals surface area (Å²) in [7, 11) is 0. The van der Waals surface area contributed by atoms with Gasteiger partial charge in [0.2, 0.25) is 0 Å². The Morgan fingerprint density at radius 3 is 2.00 bits per heavy atom. The van der Waals surface area contributed by atoms with E-state index in [1.54, 1.807) is 0 Å². The summed E-state index contributed by atoms with van der Waals surface area (Å²) in [5.41, 5.74) is 2.82. The first-order chi connectivity index (χ1) is 14.3. The van der Waals surface area contributed by atoms with E-state index in [4.69, 9.17) is 4.98 Å². The standard InChI is InChI=1S/C28H47N/c1-3-5-7-8-9-11-24-14-21-28(29-22-24)27-19-17-26(18-20-27)25-15-12-23(13-16-25)10-6-4-2/h14,21-23,25-27H,3-13,15-20H2,1-2H3. The van der Waals surface area contributed by atoms with Crippen LogP contribution in [0.4, 0.5) is 0 Å². The molecule has 1 aromatic rings. The molecule has 1 nitrogen and oxygen atoms in total. The molecule has 0 N–H and O–H groups in total. The summed E-state index contributed by atoms with van der Waals surface area (Å²) in [4.78, 5) is 4.89. The normalized spacial score (nSPS) is 27.8. The second-order valence-corrected chi connectivity index (χ2v) is 10.3. The SMILES string of the molecule is CCCCCCCc1ccc(C2CCC(C3CCC(CCCC)CC3)CC2)nc1. The second-order valence-electron chi connectivity index (χ2n) is 10.3. The average Bonchev–Trinajstić information content (AvgIpc) is 2.78. The Morgan fingerprint density at radius 1 is 0.724 bits per heavy atom. The lowest BCUT2D eigenvalue weighted by Gasteiger charge is -2.37. The monoisotopic (exact) mass is 397 g/mol. The summed E-state index contributed by atoms with van der Waals surface area (Å²) in [6.07, 6.45) is 26.3.